The number of rotatable bonds is 8. The molecule has 4 rings (SSSR count). The first-order valence-corrected chi connectivity index (χ1v) is 11.3. The van der Waals surface area contributed by atoms with Crippen molar-refractivity contribution < 1.29 is 22.3 Å². The minimum absolute atomic E-state index is 0.0279. The van der Waals surface area contributed by atoms with E-state index in [1.165, 1.54) is 31.4 Å². The Kier molecular flexibility index (Phi) is 7.54. The molecule has 34 heavy (non-hydrogen) atoms. The molecule has 0 bridgehead atoms. The van der Waals surface area contributed by atoms with Crippen LogP contribution in [0.15, 0.2) is 60.7 Å². The summed E-state index contributed by atoms with van der Waals surface area (Å²) in [5.74, 6) is -1.99. The van der Waals surface area contributed by atoms with E-state index in [4.69, 9.17) is 16.3 Å². The molecule has 0 fully saturated rings. The van der Waals surface area contributed by atoms with Crippen LogP contribution in [0, 0.1) is 23.3 Å². The second-order valence-electron chi connectivity index (χ2n) is 8.31. The molecule has 0 heterocycles. The predicted octanol–water partition coefficient (Wildman–Crippen LogP) is 7.77. The summed E-state index contributed by atoms with van der Waals surface area (Å²) in [4.78, 5) is 0. The zero-order valence-corrected chi connectivity index (χ0v) is 19.4. The number of fused-ring (bicyclic) bond motifs is 1. The zero-order valence-electron chi connectivity index (χ0n) is 18.6. The van der Waals surface area contributed by atoms with Gasteiger partial charge in [-0.05, 0) is 77.6 Å². The van der Waals surface area contributed by atoms with Crippen molar-refractivity contribution in [3.8, 4) is 0 Å². The molecular formula is C28H23ClF4O. The van der Waals surface area contributed by atoms with E-state index in [1.54, 1.807) is 24.3 Å². The normalized spacial score (nSPS) is 11.4. The third-order valence-corrected chi connectivity index (χ3v) is 6.25. The molecule has 4 aromatic rings. The van der Waals surface area contributed by atoms with Gasteiger partial charge in [-0.1, -0.05) is 48.0 Å². The van der Waals surface area contributed by atoms with Gasteiger partial charge in [-0.2, -0.15) is 0 Å². The maximum atomic E-state index is 15.1. The van der Waals surface area contributed by atoms with Gasteiger partial charge in [0.25, 0.3) is 0 Å². The van der Waals surface area contributed by atoms with Gasteiger partial charge in [0.2, 0.25) is 0 Å². The fourth-order valence-corrected chi connectivity index (χ4v) is 4.24. The SMILES string of the molecule is COCc1cc(F)c(CCc2ccc3c(F)c(CCc4ccc(Cl)c(F)c4)ccc3c2)c(F)c1. The fraction of sp³-hybridized carbons (Fsp3) is 0.214. The summed E-state index contributed by atoms with van der Waals surface area (Å²) < 4.78 is 62.4. The number of ether oxygens (including phenoxy) is 1. The van der Waals surface area contributed by atoms with Crippen LogP contribution in [-0.2, 0) is 37.0 Å². The Hall–Kier alpha value is -2.89. The number of benzene rings is 4. The van der Waals surface area contributed by atoms with Gasteiger partial charge in [0, 0.05) is 18.1 Å². The Morgan fingerprint density at radius 3 is 2.03 bits per heavy atom. The van der Waals surface area contributed by atoms with Crippen molar-refractivity contribution in [1.82, 2.24) is 0 Å². The van der Waals surface area contributed by atoms with Crippen LogP contribution < -0.4 is 0 Å². The highest BCUT2D eigenvalue weighted by atomic mass is 35.5. The molecule has 0 N–H and O–H groups in total. The molecule has 0 unspecified atom stereocenters. The van der Waals surface area contributed by atoms with Crippen LogP contribution in [0.5, 0.6) is 0 Å². The molecule has 0 aliphatic heterocycles. The first-order chi connectivity index (χ1) is 16.4. The van der Waals surface area contributed by atoms with Gasteiger partial charge < -0.3 is 4.74 Å². The standard InChI is InChI=1S/C28H23ClF4O/c1-34-16-19-14-25(30)23(26(31)15-19)10-4-17-3-9-22-21(12-17)8-7-20(28(22)33)6-2-18-5-11-24(29)27(32)13-18/h3,5,7-9,11-15H,2,4,6,10,16H2,1H3. The lowest BCUT2D eigenvalue weighted by Crippen LogP contribution is -2.02. The van der Waals surface area contributed by atoms with Crippen LogP contribution in [0.4, 0.5) is 17.6 Å². The van der Waals surface area contributed by atoms with E-state index in [0.29, 0.717) is 41.2 Å². The Morgan fingerprint density at radius 1 is 0.676 bits per heavy atom. The summed E-state index contributed by atoms with van der Waals surface area (Å²) in [6.07, 6.45) is 1.50. The maximum absolute atomic E-state index is 15.1. The molecule has 0 saturated carbocycles. The fourth-order valence-electron chi connectivity index (χ4n) is 4.12. The van der Waals surface area contributed by atoms with E-state index >= 15 is 4.39 Å². The van der Waals surface area contributed by atoms with Gasteiger partial charge in [-0.25, -0.2) is 17.6 Å². The molecule has 0 aliphatic carbocycles. The lowest BCUT2D eigenvalue weighted by molar-refractivity contribution is 0.184. The highest BCUT2D eigenvalue weighted by molar-refractivity contribution is 6.30. The van der Waals surface area contributed by atoms with Gasteiger partial charge in [-0.3, -0.25) is 0 Å². The summed E-state index contributed by atoms with van der Waals surface area (Å²) in [5.41, 5.74) is 2.61. The summed E-state index contributed by atoms with van der Waals surface area (Å²) >= 11 is 5.71. The van der Waals surface area contributed by atoms with Crippen LogP contribution in [0.25, 0.3) is 10.8 Å². The van der Waals surface area contributed by atoms with Crippen LogP contribution in [0.3, 0.4) is 0 Å². The highest BCUT2D eigenvalue weighted by Gasteiger charge is 2.13. The number of aryl methyl sites for hydroxylation is 3. The van der Waals surface area contributed by atoms with E-state index in [9.17, 15) is 13.2 Å². The highest BCUT2D eigenvalue weighted by Crippen LogP contribution is 2.26. The van der Waals surface area contributed by atoms with Crippen molar-refractivity contribution in [2.75, 3.05) is 7.11 Å². The summed E-state index contributed by atoms with van der Waals surface area (Å²) in [5, 5.41) is 1.25. The summed E-state index contributed by atoms with van der Waals surface area (Å²) in [7, 11) is 1.47. The van der Waals surface area contributed by atoms with E-state index < -0.39 is 17.5 Å². The molecule has 6 heteroatoms. The monoisotopic (exact) mass is 486 g/mol. The molecule has 4 aromatic carbocycles. The van der Waals surface area contributed by atoms with Gasteiger partial charge >= 0.3 is 0 Å². The number of hydrogen-bond acceptors (Lipinski definition) is 1. The molecule has 0 aromatic heterocycles. The molecule has 0 radical (unpaired) electrons. The molecule has 1 nitrogen and oxygen atoms in total. The topological polar surface area (TPSA) is 9.23 Å². The second-order valence-corrected chi connectivity index (χ2v) is 8.72. The Balaban J connectivity index is 1.48. The smallest absolute Gasteiger partial charge is 0.142 e. The van der Waals surface area contributed by atoms with E-state index in [-0.39, 0.29) is 29.4 Å². The van der Waals surface area contributed by atoms with Crippen LogP contribution in [-0.4, -0.2) is 7.11 Å². The third-order valence-electron chi connectivity index (χ3n) is 5.94. The molecule has 176 valence electrons. The van der Waals surface area contributed by atoms with Crippen molar-refractivity contribution >= 4 is 22.4 Å². The Labute approximate surface area is 200 Å². The van der Waals surface area contributed by atoms with E-state index in [1.807, 2.05) is 12.1 Å². The minimum Gasteiger partial charge on any atom is -0.380 e. The van der Waals surface area contributed by atoms with Gasteiger partial charge in [0.15, 0.2) is 0 Å². The number of hydrogen-bond donors (Lipinski definition) is 0. The largest absolute Gasteiger partial charge is 0.380 e. The molecular weight excluding hydrogens is 464 g/mol. The van der Waals surface area contributed by atoms with E-state index in [2.05, 4.69) is 0 Å². The van der Waals surface area contributed by atoms with Crippen molar-refractivity contribution in [1.29, 1.82) is 0 Å². The van der Waals surface area contributed by atoms with Crippen molar-refractivity contribution in [2.45, 2.75) is 32.3 Å². The third kappa shape index (κ3) is 5.43. The van der Waals surface area contributed by atoms with Crippen LogP contribution >= 0.6 is 11.6 Å². The molecule has 0 amide bonds. The first-order valence-electron chi connectivity index (χ1n) is 11.0. The van der Waals surface area contributed by atoms with Crippen molar-refractivity contribution in [2.24, 2.45) is 0 Å². The maximum Gasteiger partial charge on any atom is 0.142 e. The predicted molar refractivity (Wildman–Crippen MR) is 127 cm³/mol. The van der Waals surface area contributed by atoms with E-state index in [0.717, 1.165) is 11.1 Å². The Bertz CT molecular complexity index is 1310. The average Bonchev–Trinajstić information content (AvgIpc) is 2.80. The summed E-state index contributed by atoms with van der Waals surface area (Å²) in [6, 6.07) is 16.0. The van der Waals surface area contributed by atoms with Crippen LogP contribution in [0.1, 0.15) is 27.8 Å². The molecule has 0 atom stereocenters. The number of methoxy groups -OCH3 is 1. The molecule has 0 spiro atoms. The Morgan fingerprint density at radius 2 is 1.32 bits per heavy atom. The van der Waals surface area contributed by atoms with Crippen LogP contribution in [0.2, 0.25) is 5.02 Å². The van der Waals surface area contributed by atoms with Crippen molar-refractivity contribution in [3.63, 3.8) is 0 Å². The lowest BCUT2D eigenvalue weighted by atomic mass is 9.97. The molecule has 0 aliphatic rings. The minimum atomic E-state index is -0.593. The van der Waals surface area contributed by atoms with Crippen molar-refractivity contribution in [3.05, 3.63) is 117 Å². The first kappa shape index (κ1) is 24.2. The summed E-state index contributed by atoms with van der Waals surface area (Å²) in [6.45, 7) is 0.142. The zero-order chi connectivity index (χ0) is 24.2. The lowest BCUT2D eigenvalue weighted by Gasteiger charge is -2.10. The number of halogens is 5. The molecule has 0 saturated heterocycles. The quantitative estimate of drug-likeness (QED) is 0.231. The van der Waals surface area contributed by atoms with Gasteiger partial charge in [-0.15, -0.1) is 0 Å². The second kappa shape index (κ2) is 10.6. The van der Waals surface area contributed by atoms with Gasteiger partial charge in [0.1, 0.15) is 23.3 Å². The van der Waals surface area contributed by atoms with Gasteiger partial charge in [0.05, 0.1) is 11.6 Å². The average molecular weight is 487 g/mol.